The van der Waals surface area contributed by atoms with Crippen molar-refractivity contribution in [2.24, 2.45) is 7.05 Å². The molecule has 0 unspecified atom stereocenters. The van der Waals surface area contributed by atoms with Crippen LogP contribution in [0.15, 0.2) is 84.0 Å². The van der Waals surface area contributed by atoms with Gasteiger partial charge in [0.15, 0.2) is 11.3 Å². The van der Waals surface area contributed by atoms with Gasteiger partial charge in [0.1, 0.15) is 17.1 Å². The molecule has 0 aliphatic heterocycles. The Kier molecular flexibility index (Phi) is 6.54. The van der Waals surface area contributed by atoms with Crippen molar-refractivity contribution in [1.82, 2.24) is 33.6 Å². The third kappa shape index (κ3) is 4.72. The molecule has 6 aromatic rings. The fraction of sp³-hybridized carbons (Fsp3) is 0.258. The molecule has 2 atom stereocenters. The summed E-state index contributed by atoms with van der Waals surface area (Å²) in [6.07, 6.45) is 8.15. The second-order valence-electron chi connectivity index (χ2n) is 10.6. The Bertz CT molecular complexity index is 1920. The Morgan fingerprint density at radius 2 is 1.67 bits per heavy atom. The van der Waals surface area contributed by atoms with E-state index in [0.717, 1.165) is 59.0 Å². The summed E-state index contributed by atoms with van der Waals surface area (Å²) in [5.41, 5.74) is 4.80. The van der Waals surface area contributed by atoms with Gasteiger partial charge in [0.05, 0.1) is 31.1 Å². The lowest BCUT2D eigenvalue weighted by atomic mass is 10.2. The van der Waals surface area contributed by atoms with E-state index in [1.54, 1.807) is 41.9 Å². The average molecular weight is 562 g/mol. The van der Waals surface area contributed by atoms with E-state index >= 15 is 0 Å². The molecule has 7 rings (SSSR count). The van der Waals surface area contributed by atoms with Crippen molar-refractivity contribution >= 4 is 34.1 Å². The van der Waals surface area contributed by atoms with Gasteiger partial charge < -0.3 is 15.4 Å². The zero-order chi connectivity index (χ0) is 28.6. The average Bonchev–Trinajstić information content (AvgIpc) is 3.68. The van der Waals surface area contributed by atoms with E-state index in [0.29, 0.717) is 17.9 Å². The molecule has 5 heterocycles. The lowest BCUT2D eigenvalue weighted by Gasteiger charge is -2.17. The number of rotatable bonds is 8. The van der Waals surface area contributed by atoms with E-state index in [9.17, 15) is 4.79 Å². The number of fused-ring (bicyclic) bond motifs is 2. The van der Waals surface area contributed by atoms with Gasteiger partial charge in [-0.3, -0.25) is 9.13 Å². The van der Waals surface area contributed by atoms with Gasteiger partial charge in [-0.25, -0.2) is 29.3 Å². The number of ether oxygens (including phenoxy) is 1. The number of nitrogens with zero attached hydrogens (tertiary/aromatic N) is 7. The van der Waals surface area contributed by atoms with Crippen molar-refractivity contribution in [3.8, 4) is 11.4 Å². The van der Waals surface area contributed by atoms with Crippen LogP contribution in [0.2, 0.25) is 0 Å². The van der Waals surface area contributed by atoms with Crippen LogP contribution in [0, 0.1) is 0 Å². The van der Waals surface area contributed by atoms with Crippen LogP contribution in [0.5, 0.6) is 5.75 Å². The number of methoxy groups -OCH3 is 1. The highest BCUT2D eigenvalue weighted by Crippen LogP contribution is 2.28. The van der Waals surface area contributed by atoms with Crippen LogP contribution in [0.3, 0.4) is 0 Å². The lowest BCUT2D eigenvalue weighted by Crippen LogP contribution is -2.23. The molecule has 0 bridgehead atoms. The minimum Gasteiger partial charge on any atom is -0.497 e. The molecule has 1 saturated carbocycles. The molecule has 0 saturated heterocycles. The minimum atomic E-state index is -0.149. The van der Waals surface area contributed by atoms with Gasteiger partial charge in [-0.15, -0.1) is 0 Å². The highest BCUT2D eigenvalue weighted by atomic mass is 16.5. The van der Waals surface area contributed by atoms with Gasteiger partial charge in [0.25, 0.3) is 0 Å². The maximum Gasteiger partial charge on any atom is 0.334 e. The molecule has 5 aromatic heterocycles. The molecule has 1 aliphatic rings. The number of hydrogen-bond donors (Lipinski definition) is 2. The maximum atomic E-state index is 12.9. The zero-order valence-corrected chi connectivity index (χ0v) is 23.4. The van der Waals surface area contributed by atoms with Crippen LogP contribution in [0.4, 0.5) is 11.8 Å². The summed E-state index contributed by atoms with van der Waals surface area (Å²) in [7, 11) is 3.42. The molecule has 2 N–H and O–H groups in total. The van der Waals surface area contributed by atoms with E-state index in [4.69, 9.17) is 9.72 Å². The molecule has 1 aromatic carbocycles. The molecule has 0 spiro atoms. The van der Waals surface area contributed by atoms with Crippen molar-refractivity contribution in [3.63, 3.8) is 0 Å². The molecular formula is C31H31N9O2. The van der Waals surface area contributed by atoms with Crippen LogP contribution < -0.4 is 21.1 Å². The van der Waals surface area contributed by atoms with Gasteiger partial charge in [-0.1, -0.05) is 12.1 Å². The Labute approximate surface area is 241 Å². The third-order valence-corrected chi connectivity index (χ3v) is 7.94. The topological polar surface area (TPSA) is 117 Å². The Balaban J connectivity index is 1.05. The van der Waals surface area contributed by atoms with E-state index in [1.807, 2.05) is 48.5 Å². The molecular weight excluding hydrogens is 530 g/mol. The molecule has 11 heteroatoms. The Morgan fingerprint density at radius 1 is 0.905 bits per heavy atom. The normalized spacial score (nSPS) is 16.7. The maximum absolute atomic E-state index is 12.9. The number of aryl methyl sites for hydroxylation is 1. The number of hydrogen-bond acceptors (Lipinski definition) is 8. The second kappa shape index (κ2) is 10.7. The second-order valence-corrected chi connectivity index (χ2v) is 10.6. The minimum absolute atomic E-state index is 0.149. The first-order valence-electron chi connectivity index (χ1n) is 14.0. The van der Waals surface area contributed by atoms with Crippen molar-refractivity contribution in [1.29, 1.82) is 0 Å². The molecule has 1 aliphatic carbocycles. The SMILES string of the molecule is COc1ccc(Cn2c(N[C@H]3CC[C@H](Nc4ccc(-n5c(=O)n(C)c6cccnc65)cn4)C3)nc3cccnc32)cc1. The van der Waals surface area contributed by atoms with Crippen LogP contribution in [-0.2, 0) is 13.6 Å². The Hall–Kier alpha value is -5.19. The molecule has 0 radical (unpaired) electrons. The summed E-state index contributed by atoms with van der Waals surface area (Å²) in [6.45, 7) is 0.653. The van der Waals surface area contributed by atoms with E-state index in [2.05, 4.69) is 42.3 Å². The highest BCUT2D eigenvalue weighted by molar-refractivity contribution is 5.75. The van der Waals surface area contributed by atoms with Crippen LogP contribution in [0.1, 0.15) is 24.8 Å². The first-order valence-corrected chi connectivity index (χ1v) is 14.0. The van der Waals surface area contributed by atoms with Gasteiger partial charge in [-0.2, -0.15) is 0 Å². The van der Waals surface area contributed by atoms with Crippen molar-refractivity contribution < 1.29 is 4.74 Å². The predicted molar refractivity (Wildman–Crippen MR) is 162 cm³/mol. The van der Waals surface area contributed by atoms with Crippen molar-refractivity contribution in [2.45, 2.75) is 37.9 Å². The summed E-state index contributed by atoms with van der Waals surface area (Å²) in [4.78, 5) is 31.4. The summed E-state index contributed by atoms with van der Waals surface area (Å²) >= 11 is 0. The lowest BCUT2D eigenvalue weighted by molar-refractivity contribution is 0.414. The molecule has 212 valence electrons. The van der Waals surface area contributed by atoms with Crippen molar-refractivity contribution in [2.75, 3.05) is 17.7 Å². The zero-order valence-electron chi connectivity index (χ0n) is 23.4. The fourth-order valence-corrected chi connectivity index (χ4v) is 5.77. The number of anilines is 2. The standard InChI is InChI=1S/C31H31N9O2/c1-38-26-6-4-16-33-29(26)40(31(38)41)23-11-14-27(34-18-23)35-21-9-10-22(17-21)36-30-37-25-5-3-15-32-28(25)39(30)19-20-7-12-24(42-2)13-8-20/h3-8,11-16,18,21-22H,9-10,17,19H2,1-2H3,(H,34,35)(H,36,37)/t21-,22-/m0/s1. The summed E-state index contributed by atoms with van der Waals surface area (Å²) in [6, 6.07) is 20.1. The smallest absolute Gasteiger partial charge is 0.334 e. The predicted octanol–water partition coefficient (Wildman–Crippen LogP) is 4.37. The Morgan fingerprint density at radius 3 is 2.43 bits per heavy atom. The van der Waals surface area contributed by atoms with Crippen LogP contribution >= 0.6 is 0 Å². The highest BCUT2D eigenvalue weighted by Gasteiger charge is 2.27. The number of nitrogens with one attached hydrogen (secondary N) is 2. The van der Waals surface area contributed by atoms with Gasteiger partial charge in [0.2, 0.25) is 5.95 Å². The molecule has 1 fully saturated rings. The van der Waals surface area contributed by atoms with Crippen LogP contribution in [-0.4, -0.2) is 52.8 Å². The fourth-order valence-electron chi connectivity index (χ4n) is 5.77. The van der Waals surface area contributed by atoms with Gasteiger partial charge >= 0.3 is 5.69 Å². The third-order valence-electron chi connectivity index (χ3n) is 7.94. The molecule has 0 amide bonds. The first kappa shape index (κ1) is 25.8. The van der Waals surface area contributed by atoms with E-state index in [-0.39, 0.29) is 17.8 Å². The number of aromatic nitrogens is 7. The number of benzene rings is 1. The summed E-state index contributed by atoms with van der Waals surface area (Å²) in [5.74, 6) is 2.43. The largest absolute Gasteiger partial charge is 0.497 e. The molecule has 42 heavy (non-hydrogen) atoms. The van der Waals surface area contributed by atoms with Gasteiger partial charge in [-0.05, 0) is 73.4 Å². The van der Waals surface area contributed by atoms with E-state index in [1.165, 1.54) is 0 Å². The quantitative estimate of drug-likeness (QED) is 0.282. The van der Waals surface area contributed by atoms with Gasteiger partial charge in [0, 0.05) is 31.5 Å². The van der Waals surface area contributed by atoms with Crippen LogP contribution in [0.25, 0.3) is 28.0 Å². The summed E-state index contributed by atoms with van der Waals surface area (Å²) in [5, 5.41) is 7.27. The monoisotopic (exact) mass is 561 g/mol. The summed E-state index contributed by atoms with van der Waals surface area (Å²) < 4.78 is 10.6. The molecule has 11 nitrogen and oxygen atoms in total. The number of imidazole rings is 2. The first-order chi connectivity index (χ1) is 20.6. The van der Waals surface area contributed by atoms with Crippen molar-refractivity contribution in [3.05, 3.63) is 95.3 Å². The van der Waals surface area contributed by atoms with E-state index < -0.39 is 0 Å². The number of pyridine rings is 3.